The van der Waals surface area contributed by atoms with Crippen molar-refractivity contribution >= 4 is 17.7 Å². The normalized spacial score (nSPS) is 10.5. The van der Waals surface area contributed by atoms with Crippen LogP contribution >= 0.6 is 0 Å². The van der Waals surface area contributed by atoms with E-state index in [9.17, 15) is 4.79 Å². The largest absolute Gasteiger partial charge is 0.463 e. The smallest absolute Gasteiger partial charge is 0.330 e. The van der Waals surface area contributed by atoms with Crippen LogP contribution in [0.1, 0.15) is 18.1 Å². The van der Waals surface area contributed by atoms with E-state index in [1.54, 1.807) is 13.0 Å². The quantitative estimate of drug-likeness (QED) is 0.467. The second kappa shape index (κ2) is 5.20. The van der Waals surface area contributed by atoms with Crippen molar-refractivity contribution in [2.24, 2.45) is 0 Å². The number of anilines is 1. The third-order valence-electron chi connectivity index (χ3n) is 1.93. The maximum Gasteiger partial charge on any atom is 0.330 e. The van der Waals surface area contributed by atoms with Crippen molar-refractivity contribution in [1.82, 2.24) is 0 Å². The van der Waals surface area contributed by atoms with Crippen molar-refractivity contribution in [3.05, 3.63) is 35.4 Å². The van der Waals surface area contributed by atoms with Gasteiger partial charge in [-0.1, -0.05) is 11.6 Å². The number of rotatable bonds is 3. The van der Waals surface area contributed by atoms with E-state index in [4.69, 9.17) is 10.5 Å². The predicted molar refractivity (Wildman–Crippen MR) is 61.3 cm³/mol. The summed E-state index contributed by atoms with van der Waals surface area (Å²) >= 11 is 0. The van der Waals surface area contributed by atoms with Gasteiger partial charge in [0.15, 0.2) is 0 Å². The van der Waals surface area contributed by atoms with E-state index in [0.29, 0.717) is 12.3 Å². The van der Waals surface area contributed by atoms with Crippen molar-refractivity contribution in [3.8, 4) is 0 Å². The average molecular weight is 205 g/mol. The van der Waals surface area contributed by atoms with Gasteiger partial charge in [0.1, 0.15) is 0 Å². The van der Waals surface area contributed by atoms with Crippen LogP contribution in [0.15, 0.2) is 24.3 Å². The van der Waals surface area contributed by atoms with E-state index in [2.05, 4.69) is 0 Å². The lowest BCUT2D eigenvalue weighted by Gasteiger charge is -2.01. The zero-order valence-corrected chi connectivity index (χ0v) is 8.99. The highest BCUT2D eigenvalue weighted by Crippen LogP contribution is 2.15. The highest BCUT2D eigenvalue weighted by atomic mass is 16.5. The van der Waals surface area contributed by atoms with Gasteiger partial charge in [-0.25, -0.2) is 4.79 Å². The highest BCUT2D eigenvalue weighted by molar-refractivity contribution is 5.88. The molecule has 1 rings (SSSR count). The molecule has 0 atom stereocenters. The third kappa shape index (κ3) is 3.46. The summed E-state index contributed by atoms with van der Waals surface area (Å²) in [7, 11) is 0. The van der Waals surface area contributed by atoms with Crippen molar-refractivity contribution in [2.75, 3.05) is 12.3 Å². The third-order valence-corrected chi connectivity index (χ3v) is 1.93. The van der Waals surface area contributed by atoms with E-state index in [1.807, 2.05) is 25.1 Å². The summed E-state index contributed by atoms with van der Waals surface area (Å²) in [5.74, 6) is -0.349. The van der Waals surface area contributed by atoms with Gasteiger partial charge < -0.3 is 10.5 Å². The van der Waals surface area contributed by atoms with Crippen LogP contribution in [0.5, 0.6) is 0 Å². The molecule has 0 bridgehead atoms. The Morgan fingerprint density at radius 1 is 1.53 bits per heavy atom. The Morgan fingerprint density at radius 3 is 2.93 bits per heavy atom. The van der Waals surface area contributed by atoms with Crippen LogP contribution in [0.2, 0.25) is 0 Å². The number of carbonyl (C=O) groups is 1. The van der Waals surface area contributed by atoms with Gasteiger partial charge in [0, 0.05) is 11.8 Å². The lowest BCUT2D eigenvalue weighted by Crippen LogP contribution is -1.99. The lowest BCUT2D eigenvalue weighted by atomic mass is 10.1. The van der Waals surface area contributed by atoms with Gasteiger partial charge in [-0.3, -0.25) is 0 Å². The van der Waals surface area contributed by atoms with Crippen LogP contribution in [0, 0.1) is 6.92 Å². The van der Waals surface area contributed by atoms with Crippen LogP contribution in [0.3, 0.4) is 0 Å². The molecule has 0 radical (unpaired) electrons. The molecular formula is C12H15NO2. The average Bonchev–Trinajstić information content (AvgIpc) is 2.20. The van der Waals surface area contributed by atoms with Crippen LogP contribution < -0.4 is 5.73 Å². The Balaban J connectivity index is 2.79. The van der Waals surface area contributed by atoms with Gasteiger partial charge >= 0.3 is 5.97 Å². The van der Waals surface area contributed by atoms with E-state index in [-0.39, 0.29) is 5.97 Å². The minimum absolute atomic E-state index is 0.349. The second-order valence-electron chi connectivity index (χ2n) is 3.22. The minimum atomic E-state index is -0.349. The molecule has 0 unspecified atom stereocenters. The zero-order valence-electron chi connectivity index (χ0n) is 8.99. The molecule has 3 nitrogen and oxygen atoms in total. The first-order valence-corrected chi connectivity index (χ1v) is 4.84. The molecule has 0 fully saturated rings. The Kier molecular flexibility index (Phi) is 3.92. The first-order chi connectivity index (χ1) is 7.13. The molecule has 0 aliphatic carbocycles. The summed E-state index contributed by atoms with van der Waals surface area (Å²) in [6.45, 7) is 4.13. The fourth-order valence-electron chi connectivity index (χ4n) is 1.19. The van der Waals surface area contributed by atoms with Crippen LogP contribution in [-0.2, 0) is 9.53 Å². The molecule has 0 saturated carbocycles. The molecular weight excluding hydrogens is 190 g/mol. The lowest BCUT2D eigenvalue weighted by molar-refractivity contribution is -0.137. The maximum atomic E-state index is 11.1. The molecule has 0 spiro atoms. The molecule has 0 heterocycles. The van der Waals surface area contributed by atoms with Gasteiger partial charge in [0.2, 0.25) is 0 Å². The minimum Gasteiger partial charge on any atom is -0.463 e. The van der Waals surface area contributed by atoms with Gasteiger partial charge in [0.25, 0.3) is 0 Å². The number of aryl methyl sites for hydroxylation is 1. The number of carbonyl (C=O) groups excluding carboxylic acids is 1. The standard InChI is InChI=1S/C12H15NO2/c1-3-15-12(14)7-5-10-8-9(2)4-6-11(10)13/h4-8H,3,13H2,1-2H3/b7-5+. The molecule has 80 valence electrons. The van der Waals surface area contributed by atoms with E-state index in [1.165, 1.54) is 6.08 Å². The Hall–Kier alpha value is -1.77. The number of nitrogen functional groups attached to an aromatic ring is 1. The van der Waals surface area contributed by atoms with Crippen LogP contribution in [-0.4, -0.2) is 12.6 Å². The van der Waals surface area contributed by atoms with Crippen LogP contribution in [0.25, 0.3) is 6.08 Å². The number of benzene rings is 1. The topological polar surface area (TPSA) is 52.3 Å². The fourth-order valence-corrected chi connectivity index (χ4v) is 1.19. The summed E-state index contributed by atoms with van der Waals surface area (Å²) < 4.78 is 4.77. The monoisotopic (exact) mass is 205 g/mol. The van der Waals surface area contributed by atoms with Crippen molar-refractivity contribution in [3.63, 3.8) is 0 Å². The maximum absolute atomic E-state index is 11.1. The summed E-state index contributed by atoms with van der Waals surface area (Å²) in [6.07, 6.45) is 3.05. The molecule has 0 aliphatic heterocycles. The Labute approximate surface area is 89.5 Å². The molecule has 2 N–H and O–H groups in total. The van der Waals surface area contributed by atoms with E-state index < -0.39 is 0 Å². The van der Waals surface area contributed by atoms with Crippen molar-refractivity contribution in [1.29, 1.82) is 0 Å². The Bertz CT molecular complexity index is 383. The first-order valence-electron chi connectivity index (χ1n) is 4.84. The van der Waals surface area contributed by atoms with Gasteiger partial charge in [-0.05, 0) is 37.6 Å². The Morgan fingerprint density at radius 2 is 2.27 bits per heavy atom. The summed E-state index contributed by atoms with van der Waals surface area (Å²) in [5.41, 5.74) is 8.34. The molecule has 0 aliphatic rings. The molecule has 0 amide bonds. The summed E-state index contributed by atoms with van der Waals surface area (Å²) in [5, 5.41) is 0. The van der Waals surface area contributed by atoms with Gasteiger partial charge in [0.05, 0.1) is 6.61 Å². The molecule has 3 heteroatoms. The fraction of sp³-hybridized carbons (Fsp3) is 0.250. The predicted octanol–water partition coefficient (Wildman–Crippen LogP) is 2.15. The van der Waals surface area contributed by atoms with Crippen molar-refractivity contribution < 1.29 is 9.53 Å². The number of nitrogens with two attached hydrogens (primary N) is 1. The van der Waals surface area contributed by atoms with Crippen molar-refractivity contribution in [2.45, 2.75) is 13.8 Å². The van der Waals surface area contributed by atoms with E-state index >= 15 is 0 Å². The number of esters is 1. The number of ether oxygens (including phenoxy) is 1. The zero-order chi connectivity index (χ0) is 11.3. The summed E-state index contributed by atoms with van der Waals surface area (Å²) in [6, 6.07) is 5.67. The molecule has 0 saturated heterocycles. The second-order valence-corrected chi connectivity index (χ2v) is 3.22. The molecule has 1 aromatic rings. The van der Waals surface area contributed by atoms with Gasteiger partial charge in [-0.2, -0.15) is 0 Å². The number of hydrogen-bond acceptors (Lipinski definition) is 3. The number of hydrogen-bond donors (Lipinski definition) is 1. The molecule has 0 aromatic heterocycles. The highest BCUT2D eigenvalue weighted by Gasteiger charge is 1.97. The summed E-state index contributed by atoms with van der Waals surface area (Å²) in [4.78, 5) is 11.1. The van der Waals surface area contributed by atoms with Gasteiger partial charge in [-0.15, -0.1) is 0 Å². The molecule has 1 aromatic carbocycles. The van der Waals surface area contributed by atoms with Crippen LogP contribution in [0.4, 0.5) is 5.69 Å². The van der Waals surface area contributed by atoms with E-state index in [0.717, 1.165) is 11.1 Å². The first kappa shape index (κ1) is 11.3. The molecule has 15 heavy (non-hydrogen) atoms. The SMILES string of the molecule is CCOC(=O)/C=C/c1cc(C)ccc1N.